The van der Waals surface area contributed by atoms with Crippen LogP contribution in [0.2, 0.25) is 0 Å². The molecule has 1 aliphatic rings. The minimum Gasteiger partial charge on any atom is -0.493 e. The lowest BCUT2D eigenvalue weighted by Crippen LogP contribution is -2.52. The highest BCUT2D eigenvalue weighted by Crippen LogP contribution is 2.18. The van der Waals surface area contributed by atoms with E-state index in [4.69, 9.17) is 14.6 Å². The summed E-state index contributed by atoms with van der Waals surface area (Å²) in [6.07, 6.45) is 0.135. The van der Waals surface area contributed by atoms with E-state index in [1.807, 2.05) is 12.1 Å². The highest BCUT2D eigenvalue weighted by molar-refractivity contribution is 9.10. The number of hydrogen-bond acceptors (Lipinski definition) is 4. The van der Waals surface area contributed by atoms with Crippen molar-refractivity contribution in [2.45, 2.75) is 12.5 Å². The smallest absolute Gasteiger partial charge is 0.328 e. The molecule has 0 aromatic heterocycles. The zero-order valence-electron chi connectivity index (χ0n) is 11.3. The van der Waals surface area contributed by atoms with Crippen molar-refractivity contribution in [1.29, 1.82) is 0 Å². The first kappa shape index (κ1) is 15.8. The summed E-state index contributed by atoms with van der Waals surface area (Å²) in [6, 6.07) is 6.41. The van der Waals surface area contributed by atoms with Crippen LogP contribution in [0.5, 0.6) is 5.75 Å². The van der Waals surface area contributed by atoms with Gasteiger partial charge in [0.1, 0.15) is 5.75 Å². The van der Waals surface area contributed by atoms with Gasteiger partial charge >= 0.3 is 5.97 Å². The minimum absolute atomic E-state index is 0.0353. The normalized spacial score (nSPS) is 18.3. The zero-order chi connectivity index (χ0) is 15.2. The van der Waals surface area contributed by atoms with Crippen LogP contribution in [0, 0.1) is 0 Å². The van der Waals surface area contributed by atoms with Gasteiger partial charge in [0.25, 0.3) is 0 Å². The Morgan fingerprint density at radius 2 is 2.29 bits per heavy atom. The molecule has 1 aliphatic heterocycles. The number of halogens is 1. The van der Waals surface area contributed by atoms with Gasteiger partial charge in [0, 0.05) is 11.0 Å². The molecule has 0 saturated carbocycles. The molecule has 114 valence electrons. The molecule has 1 N–H and O–H groups in total. The summed E-state index contributed by atoms with van der Waals surface area (Å²) in [5, 5.41) is 9.08. The molecule has 0 radical (unpaired) electrons. The molecule has 7 heteroatoms. The third-order valence-electron chi connectivity index (χ3n) is 3.11. The maximum Gasteiger partial charge on any atom is 0.328 e. The van der Waals surface area contributed by atoms with Crippen molar-refractivity contribution in [3.63, 3.8) is 0 Å². The maximum atomic E-state index is 12.1. The molecule has 0 aliphatic carbocycles. The summed E-state index contributed by atoms with van der Waals surface area (Å²) in [5.74, 6) is -0.620. The Morgan fingerprint density at radius 3 is 3.00 bits per heavy atom. The van der Waals surface area contributed by atoms with Gasteiger partial charge in [-0.25, -0.2) is 4.79 Å². The van der Waals surface area contributed by atoms with Crippen molar-refractivity contribution in [1.82, 2.24) is 4.90 Å². The van der Waals surface area contributed by atoms with Crippen LogP contribution in [0.4, 0.5) is 0 Å². The average molecular weight is 358 g/mol. The summed E-state index contributed by atoms with van der Waals surface area (Å²) in [5.41, 5.74) is 0. The Labute approximate surface area is 130 Å². The van der Waals surface area contributed by atoms with Crippen LogP contribution in [0.15, 0.2) is 28.7 Å². The monoisotopic (exact) mass is 357 g/mol. The molecule has 0 bridgehead atoms. The Hall–Kier alpha value is -1.60. The van der Waals surface area contributed by atoms with Crippen LogP contribution in [0.25, 0.3) is 0 Å². The molecule has 1 unspecified atom stereocenters. The second kappa shape index (κ2) is 7.42. The van der Waals surface area contributed by atoms with Gasteiger partial charge in [0.2, 0.25) is 5.91 Å². The number of carbonyl (C=O) groups is 2. The lowest BCUT2D eigenvalue weighted by Gasteiger charge is -2.32. The molecule has 1 amide bonds. The lowest BCUT2D eigenvalue weighted by atomic mass is 10.2. The summed E-state index contributed by atoms with van der Waals surface area (Å²) >= 11 is 3.34. The van der Waals surface area contributed by atoms with E-state index in [1.54, 1.807) is 12.1 Å². The fraction of sp³-hybridized carbons (Fsp3) is 0.429. The van der Waals surface area contributed by atoms with E-state index in [-0.39, 0.29) is 25.5 Å². The van der Waals surface area contributed by atoms with Crippen LogP contribution < -0.4 is 4.74 Å². The van der Waals surface area contributed by atoms with Gasteiger partial charge < -0.3 is 19.5 Å². The van der Waals surface area contributed by atoms with Gasteiger partial charge in [0.15, 0.2) is 6.04 Å². The minimum atomic E-state index is -1.05. The Balaban J connectivity index is 1.84. The largest absolute Gasteiger partial charge is 0.493 e. The standard InChI is InChI=1S/C14H16BrNO5/c15-10-2-1-3-11(8-10)21-6-4-13(17)16-5-7-20-9-12(16)14(18)19/h1-3,8,12H,4-7,9H2,(H,18,19). The number of nitrogens with zero attached hydrogens (tertiary/aromatic N) is 1. The first-order valence-corrected chi connectivity index (χ1v) is 7.35. The number of rotatable bonds is 5. The van der Waals surface area contributed by atoms with E-state index >= 15 is 0 Å². The van der Waals surface area contributed by atoms with E-state index in [1.165, 1.54) is 4.90 Å². The molecule has 1 heterocycles. The van der Waals surface area contributed by atoms with Gasteiger partial charge in [-0.1, -0.05) is 22.0 Å². The van der Waals surface area contributed by atoms with Crippen molar-refractivity contribution in [2.24, 2.45) is 0 Å². The van der Waals surface area contributed by atoms with Crippen molar-refractivity contribution < 1.29 is 24.2 Å². The SMILES string of the molecule is O=C(O)C1COCCN1C(=O)CCOc1cccc(Br)c1. The number of aliphatic carboxylic acids is 1. The Bertz CT molecular complexity index is 522. The zero-order valence-corrected chi connectivity index (χ0v) is 12.9. The van der Waals surface area contributed by atoms with E-state index in [0.717, 1.165) is 4.47 Å². The van der Waals surface area contributed by atoms with Crippen molar-refractivity contribution in [3.8, 4) is 5.75 Å². The third-order valence-corrected chi connectivity index (χ3v) is 3.61. The van der Waals surface area contributed by atoms with E-state index in [2.05, 4.69) is 15.9 Å². The lowest BCUT2D eigenvalue weighted by molar-refractivity contribution is -0.158. The van der Waals surface area contributed by atoms with Crippen LogP contribution in [-0.2, 0) is 14.3 Å². The maximum absolute atomic E-state index is 12.1. The molecule has 1 aromatic rings. The quantitative estimate of drug-likeness (QED) is 0.864. The van der Waals surface area contributed by atoms with Gasteiger partial charge in [-0.15, -0.1) is 0 Å². The highest BCUT2D eigenvalue weighted by atomic mass is 79.9. The molecule has 6 nitrogen and oxygen atoms in total. The average Bonchev–Trinajstić information content (AvgIpc) is 2.47. The van der Waals surface area contributed by atoms with E-state index < -0.39 is 12.0 Å². The van der Waals surface area contributed by atoms with Gasteiger partial charge in [-0.05, 0) is 18.2 Å². The van der Waals surface area contributed by atoms with Crippen LogP contribution in [0.3, 0.4) is 0 Å². The number of morpholine rings is 1. The van der Waals surface area contributed by atoms with E-state index in [0.29, 0.717) is 18.9 Å². The second-order valence-corrected chi connectivity index (χ2v) is 5.49. The molecular formula is C14H16BrNO5. The van der Waals surface area contributed by atoms with Gasteiger partial charge in [0.05, 0.1) is 26.2 Å². The van der Waals surface area contributed by atoms with Crippen LogP contribution in [0.1, 0.15) is 6.42 Å². The summed E-state index contributed by atoms with van der Waals surface area (Å²) in [7, 11) is 0. The predicted molar refractivity (Wildman–Crippen MR) is 78.2 cm³/mol. The highest BCUT2D eigenvalue weighted by Gasteiger charge is 2.32. The molecule has 1 saturated heterocycles. The third kappa shape index (κ3) is 4.44. The summed E-state index contributed by atoms with van der Waals surface area (Å²) in [6.45, 7) is 0.904. The Kier molecular flexibility index (Phi) is 5.58. The molecule has 1 fully saturated rings. The second-order valence-electron chi connectivity index (χ2n) is 4.57. The first-order chi connectivity index (χ1) is 10.1. The molecule has 0 spiro atoms. The molecule has 2 rings (SSSR count). The summed E-state index contributed by atoms with van der Waals surface area (Å²) in [4.78, 5) is 24.5. The fourth-order valence-corrected chi connectivity index (χ4v) is 2.44. The van der Waals surface area contributed by atoms with Crippen molar-refractivity contribution in [3.05, 3.63) is 28.7 Å². The first-order valence-electron chi connectivity index (χ1n) is 6.56. The molecule has 21 heavy (non-hydrogen) atoms. The number of carboxylic acids is 1. The summed E-state index contributed by atoms with van der Waals surface area (Å²) < 4.78 is 11.5. The number of ether oxygens (including phenoxy) is 2. The number of benzene rings is 1. The fourth-order valence-electron chi connectivity index (χ4n) is 2.06. The van der Waals surface area contributed by atoms with Gasteiger partial charge in [-0.2, -0.15) is 0 Å². The molecule has 1 atom stereocenters. The van der Waals surface area contributed by atoms with Gasteiger partial charge in [-0.3, -0.25) is 4.79 Å². The van der Waals surface area contributed by atoms with Crippen molar-refractivity contribution in [2.75, 3.05) is 26.4 Å². The number of hydrogen-bond donors (Lipinski definition) is 1. The van der Waals surface area contributed by atoms with Crippen LogP contribution in [-0.4, -0.2) is 54.3 Å². The van der Waals surface area contributed by atoms with Crippen LogP contribution >= 0.6 is 15.9 Å². The predicted octanol–water partition coefficient (Wildman–Crippen LogP) is 1.53. The topological polar surface area (TPSA) is 76.1 Å². The number of carboxylic acid groups (broad SMARTS) is 1. The number of amides is 1. The Morgan fingerprint density at radius 1 is 1.48 bits per heavy atom. The number of carbonyl (C=O) groups excluding carboxylic acids is 1. The molecular weight excluding hydrogens is 342 g/mol. The molecule has 1 aromatic carbocycles. The van der Waals surface area contributed by atoms with E-state index in [9.17, 15) is 9.59 Å². The van der Waals surface area contributed by atoms with Crippen molar-refractivity contribution >= 4 is 27.8 Å².